The van der Waals surface area contributed by atoms with Crippen LogP contribution in [0.1, 0.15) is 24.8 Å². The van der Waals surface area contributed by atoms with Gasteiger partial charge in [-0.2, -0.15) is 0 Å². The number of amides is 2. The number of nitrogens with one attached hydrogen (secondary N) is 1. The van der Waals surface area contributed by atoms with Crippen LogP contribution in [0.3, 0.4) is 0 Å². The zero-order chi connectivity index (χ0) is 17.3. The first kappa shape index (κ1) is 16.9. The first-order valence-corrected chi connectivity index (χ1v) is 9.54. The number of rotatable bonds is 4. The van der Waals surface area contributed by atoms with Crippen molar-refractivity contribution >= 4 is 27.5 Å². The van der Waals surface area contributed by atoms with Crippen molar-refractivity contribution in [3.05, 3.63) is 23.8 Å². The second-order valence-electron chi connectivity index (χ2n) is 6.19. The molecular weight excluding hydrogens is 330 g/mol. The van der Waals surface area contributed by atoms with Crippen molar-refractivity contribution in [1.29, 1.82) is 0 Å². The highest BCUT2D eigenvalue weighted by Crippen LogP contribution is 2.29. The molecule has 2 aliphatic rings. The number of carbonyl (C=O) groups is 2. The summed E-state index contributed by atoms with van der Waals surface area (Å²) in [4.78, 5) is 27.1. The van der Waals surface area contributed by atoms with E-state index < -0.39 is 10.0 Å². The van der Waals surface area contributed by atoms with Crippen molar-refractivity contribution in [2.75, 3.05) is 31.6 Å². The number of likely N-dealkylation sites (tertiary alicyclic amines) is 1. The third kappa shape index (κ3) is 3.29. The molecule has 8 heteroatoms. The predicted molar refractivity (Wildman–Crippen MR) is 89.2 cm³/mol. The lowest BCUT2D eigenvalue weighted by molar-refractivity contribution is -0.130. The van der Waals surface area contributed by atoms with Gasteiger partial charge in [0.25, 0.3) is 0 Å². The van der Waals surface area contributed by atoms with Crippen LogP contribution in [-0.4, -0.2) is 51.8 Å². The summed E-state index contributed by atoms with van der Waals surface area (Å²) in [6.45, 7) is 1.14. The highest BCUT2D eigenvalue weighted by atomic mass is 32.2. The first-order chi connectivity index (χ1) is 11.4. The summed E-state index contributed by atoms with van der Waals surface area (Å²) in [6, 6.07) is 4.59. The fourth-order valence-corrected chi connectivity index (χ4v) is 4.13. The van der Waals surface area contributed by atoms with Crippen molar-refractivity contribution in [3.8, 4) is 0 Å². The minimum absolute atomic E-state index is 0.0622. The van der Waals surface area contributed by atoms with Crippen molar-refractivity contribution in [2.24, 2.45) is 0 Å². The Morgan fingerprint density at radius 2 is 1.92 bits per heavy atom. The van der Waals surface area contributed by atoms with E-state index in [4.69, 9.17) is 0 Å². The fraction of sp³-hybridized carbons (Fsp3) is 0.500. The molecule has 3 rings (SSSR count). The van der Waals surface area contributed by atoms with Crippen molar-refractivity contribution < 1.29 is 18.0 Å². The van der Waals surface area contributed by atoms with Crippen LogP contribution in [0.25, 0.3) is 0 Å². The molecule has 0 aromatic heterocycles. The smallest absolute Gasteiger partial charge is 0.241 e. The van der Waals surface area contributed by atoms with Crippen LogP contribution in [0.2, 0.25) is 0 Å². The van der Waals surface area contributed by atoms with Gasteiger partial charge in [0.15, 0.2) is 0 Å². The van der Waals surface area contributed by atoms with Gasteiger partial charge >= 0.3 is 0 Å². The molecule has 130 valence electrons. The Morgan fingerprint density at radius 3 is 2.62 bits per heavy atom. The third-order valence-corrected chi connectivity index (χ3v) is 5.96. The number of piperidine rings is 1. The number of benzene rings is 1. The minimum Gasteiger partial charge on any atom is -0.342 e. The van der Waals surface area contributed by atoms with Gasteiger partial charge in [0.2, 0.25) is 21.8 Å². The van der Waals surface area contributed by atoms with E-state index in [1.165, 1.54) is 17.0 Å². The Bertz CT molecular complexity index is 770. The number of likely N-dealkylation sites (N-methyl/N-ethyl adjacent to an activating group) is 1. The van der Waals surface area contributed by atoms with Crippen LogP contribution >= 0.6 is 0 Å². The van der Waals surface area contributed by atoms with Crippen molar-refractivity contribution in [3.63, 3.8) is 0 Å². The van der Waals surface area contributed by atoms with Gasteiger partial charge in [-0.05, 0) is 43.0 Å². The van der Waals surface area contributed by atoms with Crippen LogP contribution in [0.5, 0.6) is 0 Å². The molecule has 0 spiro atoms. The number of carbonyl (C=O) groups excluding carboxylic acids is 2. The maximum absolute atomic E-state index is 12.4. The number of anilines is 1. The van der Waals surface area contributed by atoms with E-state index in [0.717, 1.165) is 24.9 Å². The molecule has 1 fully saturated rings. The van der Waals surface area contributed by atoms with Gasteiger partial charge in [0, 0.05) is 25.8 Å². The summed E-state index contributed by atoms with van der Waals surface area (Å²) in [5, 5.41) is 0. The van der Waals surface area contributed by atoms with Crippen molar-refractivity contribution in [2.45, 2.75) is 30.6 Å². The van der Waals surface area contributed by atoms with Crippen LogP contribution in [0, 0.1) is 0 Å². The van der Waals surface area contributed by atoms with E-state index in [-0.39, 0.29) is 29.7 Å². The Kier molecular flexibility index (Phi) is 4.60. The van der Waals surface area contributed by atoms with E-state index in [1.54, 1.807) is 18.0 Å². The zero-order valence-electron chi connectivity index (χ0n) is 13.6. The molecule has 2 aliphatic heterocycles. The number of sulfonamides is 1. The van der Waals surface area contributed by atoms with Crippen molar-refractivity contribution in [1.82, 2.24) is 9.62 Å². The Hall–Kier alpha value is -1.93. The quantitative estimate of drug-likeness (QED) is 0.856. The maximum Gasteiger partial charge on any atom is 0.241 e. The summed E-state index contributed by atoms with van der Waals surface area (Å²) in [6.07, 6.45) is 3.23. The Labute approximate surface area is 141 Å². The number of nitrogens with zero attached hydrogens (tertiary/aromatic N) is 2. The van der Waals surface area contributed by atoms with Crippen LogP contribution < -0.4 is 9.62 Å². The molecule has 0 saturated carbocycles. The first-order valence-electron chi connectivity index (χ1n) is 8.05. The second-order valence-corrected chi connectivity index (χ2v) is 7.95. The average Bonchev–Trinajstić information content (AvgIpc) is 2.87. The van der Waals surface area contributed by atoms with Gasteiger partial charge in [-0.3, -0.25) is 9.59 Å². The summed E-state index contributed by atoms with van der Waals surface area (Å²) in [7, 11) is -2.11. The maximum atomic E-state index is 12.4. The summed E-state index contributed by atoms with van der Waals surface area (Å²) >= 11 is 0. The molecular formula is C16H21N3O4S. The van der Waals surface area contributed by atoms with Gasteiger partial charge in [-0.1, -0.05) is 0 Å². The largest absolute Gasteiger partial charge is 0.342 e. The predicted octanol–water partition coefficient (Wildman–Crippen LogP) is 0.496. The van der Waals surface area contributed by atoms with Gasteiger partial charge in [0.1, 0.15) is 0 Å². The second kappa shape index (κ2) is 6.52. The number of hydrogen-bond donors (Lipinski definition) is 1. The van der Waals surface area contributed by atoms with Gasteiger partial charge in [-0.25, -0.2) is 13.1 Å². The van der Waals surface area contributed by atoms with Gasteiger partial charge in [-0.15, -0.1) is 0 Å². The average molecular weight is 351 g/mol. The van der Waals surface area contributed by atoms with E-state index in [1.807, 2.05) is 0 Å². The SMILES string of the molecule is CN1C(=O)Cc2cc(S(=O)(=O)NCC(=O)N3CCCCC3)ccc21. The summed E-state index contributed by atoms with van der Waals surface area (Å²) in [5.41, 5.74) is 1.41. The van der Waals surface area contributed by atoms with E-state index in [9.17, 15) is 18.0 Å². The fourth-order valence-electron chi connectivity index (χ4n) is 3.11. The molecule has 7 nitrogen and oxygen atoms in total. The lowest BCUT2D eigenvalue weighted by Crippen LogP contribution is -2.42. The molecule has 1 aromatic rings. The normalized spacial score (nSPS) is 18.0. The number of fused-ring (bicyclic) bond motifs is 1. The van der Waals surface area contributed by atoms with Crippen LogP contribution in [0.15, 0.2) is 23.1 Å². The monoisotopic (exact) mass is 351 g/mol. The molecule has 0 aliphatic carbocycles. The Morgan fingerprint density at radius 1 is 1.21 bits per heavy atom. The molecule has 2 amide bonds. The summed E-state index contributed by atoms with van der Waals surface area (Å²) in [5.74, 6) is -0.262. The topological polar surface area (TPSA) is 86.8 Å². The molecule has 2 heterocycles. The Balaban J connectivity index is 1.69. The molecule has 0 bridgehead atoms. The lowest BCUT2D eigenvalue weighted by Gasteiger charge is -2.26. The molecule has 0 radical (unpaired) electrons. The van der Waals surface area contributed by atoms with Gasteiger partial charge < -0.3 is 9.80 Å². The molecule has 0 atom stereocenters. The zero-order valence-corrected chi connectivity index (χ0v) is 14.4. The number of hydrogen-bond acceptors (Lipinski definition) is 4. The lowest BCUT2D eigenvalue weighted by atomic mass is 10.1. The van der Waals surface area contributed by atoms with Crippen LogP contribution in [-0.2, 0) is 26.0 Å². The molecule has 1 saturated heterocycles. The molecule has 1 aromatic carbocycles. The van der Waals surface area contributed by atoms with E-state index in [2.05, 4.69) is 4.72 Å². The standard InChI is InChI=1S/C16H21N3O4S/c1-18-14-6-5-13(9-12(14)10-15(18)20)24(22,23)17-11-16(21)19-7-3-2-4-8-19/h5-6,9,17H,2-4,7-8,10-11H2,1H3. The highest BCUT2D eigenvalue weighted by molar-refractivity contribution is 7.89. The van der Waals surface area contributed by atoms with E-state index in [0.29, 0.717) is 18.7 Å². The highest BCUT2D eigenvalue weighted by Gasteiger charge is 2.26. The summed E-state index contributed by atoms with van der Waals surface area (Å²) < 4.78 is 27.2. The molecule has 0 unspecified atom stereocenters. The van der Waals surface area contributed by atoms with Gasteiger partial charge in [0.05, 0.1) is 17.9 Å². The third-order valence-electron chi connectivity index (χ3n) is 4.56. The van der Waals surface area contributed by atoms with E-state index >= 15 is 0 Å². The van der Waals surface area contributed by atoms with Crippen LogP contribution in [0.4, 0.5) is 5.69 Å². The molecule has 1 N–H and O–H groups in total. The minimum atomic E-state index is -3.78. The molecule has 24 heavy (non-hydrogen) atoms.